The molecule has 0 atom stereocenters. The summed E-state index contributed by atoms with van der Waals surface area (Å²) in [5.41, 5.74) is 1.84. The topological polar surface area (TPSA) is 83.1 Å². The molecule has 0 saturated carbocycles. The number of amides is 1. The number of morpholine rings is 1. The molecular formula is C17H23N5O2S. The monoisotopic (exact) mass is 361 g/mol. The summed E-state index contributed by atoms with van der Waals surface area (Å²) in [6, 6.07) is 7.69. The number of aromatic nitrogens is 3. The summed E-state index contributed by atoms with van der Waals surface area (Å²) in [7, 11) is 0. The molecule has 1 aliphatic heterocycles. The molecule has 2 N–H and O–H groups in total. The van der Waals surface area contributed by atoms with Gasteiger partial charge in [-0.3, -0.25) is 14.8 Å². The molecule has 25 heavy (non-hydrogen) atoms. The van der Waals surface area contributed by atoms with Gasteiger partial charge in [-0.1, -0.05) is 23.9 Å². The van der Waals surface area contributed by atoms with Gasteiger partial charge >= 0.3 is 0 Å². The van der Waals surface area contributed by atoms with E-state index in [-0.39, 0.29) is 5.91 Å². The molecule has 3 rings (SSSR count). The third kappa shape index (κ3) is 5.84. The minimum atomic E-state index is -0.0172. The predicted molar refractivity (Wildman–Crippen MR) is 96.6 cm³/mol. The van der Waals surface area contributed by atoms with Crippen molar-refractivity contribution in [1.29, 1.82) is 0 Å². The average molecular weight is 361 g/mol. The van der Waals surface area contributed by atoms with Gasteiger partial charge in [0.1, 0.15) is 6.33 Å². The summed E-state index contributed by atoms with van der Waals surface area (Å²) in [6.45, 7) is 5.30. The number of hydrogen-bond donors (Lipinski definition) is 2. The van der Waals surface area contributed by atoms with Crippen molar-refractivity contribution >= 4 is 17.7 Å². The van der Waals surface area contributed by atoms with E-state index in [4.69, 9.17) is 4.74 Å². The molecule has 1 amide bonds. The maximum absolute atomic E-state index is 12.2. The maximum atomic E-state index is 12.2. The van der Waals surface area contributed by atoms with E-state index in [2.05, 4.69) is 25.4 Å². The highest BCUT2D eigenvalue weighted by Crippen LogP contribution is 2.18. The van der Waals surface area contributed by atoms with Crippen LogP contribution in [0, 0.1) is 0 Å². The lowest BCUT2D eigenvalue weighted by atomic mass is 10.1. The zero-order valence-corrected chi connectivity index (χ0v) is 14.9. The quantitative estimate of drug-likeness (QED) is 0.548. The number of carbonyl (C=O) groups is 1. The van der Waals surface area contributed by atoms with Crippen LogP contribution < -0.4 is 5.32 Å². The van der Waals surface area contributed by atoms with Crippen LogP contribution in [0.25, 0.3) is 0 Å². The van der Waals surface area contributed by atoms with Crippen molar-refractivity contribution in [1.82, 2.24) is 25.4 Å². The number of aromatic amines is 1. The van der Waals surface area contributed by atoms with Crippen molar-refractivity contribution in [2.24, 2.45) is 0 Å². The van der Waals surface area contributed by atoms with E-state index in [1.54, 1.807) is 11.8 Å². The fourth-order valence-electron chi connectivity index (χ4n) is 2.60. The van der Waals surface area contributed by atoms with Gasteiger partial charge in [0.05, 0.1) is 13.2 Å². The molecule has 0 unspecified atom stereocenters. The van der Waals surface area contributed by atoms with E-state index in [0.717, 1.165) is 55.7 Å². The molecule has 0 aliphatic carbocycles. The Balaban J connectivity index is 1.36. The highest BCUT2D eigenvalue weighted by atomic mass is 32.2. The van der Waals surface area contributed by atoms with Gasteiger partial charge in [0, 0.05) is 31.0 Å². The fraction of sp³-hybridized carbons (Fsp3) is 0.471. The molecule has 2 heterocycles. The van der Waals surface area contributed by atoms with Crippen molar-refractivity contribution in [3.63, 3.8) is 0 Å². The van der Waals surface area contributed by atoms with Crippen molar-refractivity contribution < 1.29 is 9.53 Å². The van der Waals surface area contributed by atoms with Gasteiger partial charge in [0.2, 0.25) is 0 Å². The SMILES string of the molecule is O=C(NCCCN1CCOCC1)c1ccc(CSc2ncn[nH]2)cc1. The Bertz CT molecular complexity index is 642. The van der Waals surface area contributed by atoms with E-state index in [0.29, 0.717) is 12.1 Å². The molecule has 134 valence electrons. The van der Waals surface area contributed by atoms with Gasteiger partial charge < -0.3 is 10.1 Å². The normalized spacial score (nSPS) is 15.2. The Morgan fingerprint density at radius 3 is 2.80 bits per heavy atom. The van der Waals surface area contributed by atoms with Crippen molar-refractivity contribution in [2.75, 3.05) is 39.4 Å². The highest BCUT2D eigenvalue weighted by molar-refractivity contribution is 7.98. The molecule has 0 spiro atoms. The minimum Gasteiger partial charge on any atom is -0.379 e. The van der Waals surface area contributed by atoms with Gasteiger partial charge in [-0.25, -0.2) is 4.98 Å². The van der Waals surface area contributed by atoms with Crippen LogP contribution in [-0.2, 0) is 10.5 Å². The van der Waals surface area contributed by atoms with Crippen molar-refractivity contribution in [2.45, 2.75) is 17.3 Å². The van der Waals surface area contributed by atoms with E-state index < -0.39 is 0 Å². The van der Waals surface area contributed by atoms with E-state index in [1.807, 2.05) is 24.3 Å². The molecular weight excluding hydrogens is 338 g/mol. The molecule has 1 aromatic heterocycles. The molecule has 8 heteroatoms. The Morgan fingerprint density at radius 1 is 1.28 bits per heavy atom. The number of ether oxygens (including phenoxy) is 1. The lowest BCUT2D eigenvalue weighted by Crippen LogP contribution is -2.38. The van der Waals surface area contributed by atoms with Crippen LogP contribution in [0.3, 0.4) is 0 Å². The molecule has 1 saturated heterocycles. The number of rotatable bonds is 8. The number of nitrogens with one attached hydrogen (secondary N) is 2. The Hall–Kier alpha value is -1.90. The number of nitrogens with zero attached hydrogens (tertiary/aromatic N) is 3. The van der Waals surface area contributed by atoms with Crippen LogP contribution in [0.15, 0.2) is 35.7 Å². The largest absolute Gasteiger partial charge is 0.379 e. The van der Waals surface area contributed by atoms with Crippen LogP contribution in [0.4, 0.5) is 0 Å². The summed E-state index contributed by atoms with van der Waals surface area (Å²) in [6.07, 6.45) is 2.45. The summed E-state index contributed by atoms with van der Waals surface area (Å²) >= 11 is 1.58. The Morgan fingerprint density at radius 2 is 2.08 bits per heavy atom. The van der Waals surface area contributed by atoms with E-state index >= 15 is 0 Å². The van der Waals surface area contributed by atoms with Gasteiger partial charge in [-0.2, -0.15) is 5.10 Å². The molecule has 2 aromatic rings. The predicted octanol–water partition coefficient (Wildman–Crippen LogP) is 1.55. The smallest absolute Gasteiger partial charge is 0.251 e. The minimum absolute atomic E-state index is 0.0172. The zero-order chi connectivity index (χ0) is 17.3. The first-order valence-corrected chi connectivity index (χ1v) is 9.45. The van der Waals surface area contributed by atoms with Crippen molar-refractivity contribution in [3.05, 3.63) is 41.7 Å². The van der Waals surface area contributed by atoms with Crippen LogP contribution in [-0.4, -0.2) is 65.4 Å². The van der Waals surface area contributed by atoms with Gasteiger partial charge in [0.15, 0.2) is 5.16 Å². The number of benzene rings is 1. The van der Waals surface area contributed by atoms with E-state index in [9.17, 15) is 4.79 Å². The van der Waals surface area contributed by atoms with Gasteiger partial charge in [-0.05, 0) is 30.7 Å². The third-order valence-corrected chi connectivity index (χ3v) is 4.97. The molecule has 1 aromatic carbocycles. The standard InChI is InChI=1S/C17H23N5O2S/c23-16(18-6-1-7-22-8-10-24-11-9-22)15-4-2-14(3-5-15)12-25-17-19-13-20-21-17/h2-5,13H,1,6-12H2,(H,18,23)(H,19,20,21). The Kier molecular flexibility index (Phi) is 6.84. The summed E-state index contributed by atoms with van der Waals surface area (Å²) in [4.78, 5) is 18.6. The molecule has 0 bridgehead atoms. The van der Waals surface area contributed by atoms with Gasteiger partial charge in [-0.15, -0.1) is 0 Å². The molecule has 1 fully saturated rings. The third-order valence-electron chi connectivity index (χ3n) is 4.02. The zero-order valence-electron chi connectivity index (χ0n) is 14.1. The first-order chi connectivity index (χ1) is 12.3. The fourth-order valence-corrected chi connectivity index (χ4v) is 3.33. The molecule has 7 nitrogen and oxygen atoms in total. The first-order valence-electron chi connectivity index (χ1n) is 8.47. The maximum Gasteiger partial charge on any atom is 0.251 e. The Labute approximate surface area is 151 Å². The first kappa shape index (κ1) is 17.9. The number of H-pyrrole nitrogens is 1. The van der Waals surface area contributed by atoms with Crippen molar-refractivity contribution in [3.8, 4) is 0 Å². The average Bonchev–Trinajstić information content (AvgIpc) is 3.18. The second-order valence-electron chi connectivity index (χ2n) is 5.84. The summed E-state index contributed by atoms with van der Waals surface area (Å²) < 4.78 is 5.33. The highest BCUT2D eigenvalue weighted by Gasteiger charge is 2.10. The van der Waals surface area contributed by atoms with E-state index in [1.165, 1.54) is 6.33 Å². The second-order valence-corrected chi connectivity index (χ2v) is 6.80. The summed E-state index contributed by atoms with van der Waals surface area (Å²) in [5, 5.41) is 10.4. The number of carbonyl (C=O) groups excluding carboxylic acids is 1. The van der Waals surface area contributed by atoms with Crippen LogP contribution in [0.2, 0.25) is 0 Å². The van der Waals surface area contributed by atoms with Crippen LogP contribution >= 0.6 is 11.8 Å². The van der Waals surface area contributed by atoms with Crippen LogP contribution in [0.5, 0.6) is 0 Å². The number of hydrogen-bond acceptors (Lipinski definition) is 6. The summed E-state index contributed by atoms with van der Waals surface area (Å²) in [5.74, 6) is 0.771. The van der Waals surface area contributed by atoms with Crippen LogP contribution in [0.1, 0.15) is 22.3 Å². The molecule has 0 radical (unpaired) electrons. The van der Waals surface area contributed by atoms with Gasteiger partial charge in [0.25, 0.3) is 5.91 Å². The molecule has 1 aliphatic rings. The lowest BCUT2D eigenvalue weighted by molar-refractivity contribution is 0.0374. The second kappa shape index (κ2) is 9.55. The number of thioether (sulfide) groups is 1. The lowest BCUT2D eigenvalue weighted by Gasteiger charge is -2.26.